The van der Waals surface area contributed by atoms with Gasteiger partial charge in [0.25, 0.3) is 0 Å². The largest absolute Gasteiger partial charge is 0.573 e. The molecule has 0 bridgehead atoms. The molecular formula is C15H12F3NO2. The van der Waals surface area contributed by atoms with Crippen molar-refractivity contribution in [1.82, 2.24) is 0 Å². The summed E-state index contributed by atoms with van der Waals surface area (Å²) in [5.41, 5.74) is 1.07. The van der Waals surface area contributed by atoms with Crippen LogP contribution >= 0.6 is 0 Å². The number of methoxy groups -OCH3 is 1. The summed E-state index contributed by atoms with van der Waals surface area (Å²) < 4.78 is 45.6. The van der Waals surface area contributed by atoms with E-state index >= 15 is 0 Å². The normalized spacial score (nSPS) is 11.6. The second kappa shape index (κ2) is 6.30. The summed E-state index contributed by atoms with van der Waals surface area (Å²) in [5.74, 6) is 0.0852. The molecule has 0 saturated heterocycles. The van der Waals surface area contributed by atoms with Gasteiger partial charge < -0.3 is 9.47 Å². The topological polar surface area (TPSA) is 30.8 Å². The summed E-state index contributed by atoms with van der Waals surface area (Å²) in [4.78, 5) is 4.18. The number of aliphatic imine (C=N–C) groups is 1. The molecule has 0 atom stereocenters. The maximum absolute atomic E-state index is 12.2. The first kappa shape index (κ1) is 14.9. The lowest BCUT2D eigenvalue weighted by molar-refractivity contribution is -0.274. The van der Waals surface area contributed by atoms with Gasteiger partial charge in [-0.05, 0) is 30.3 Å². The molecule has 3 nitrogen and oxygen atoms in total. The number of ether oxygens (including phenoxy) is 2. The number of rotatable bonds is 4. The van der Waals surface area contributed by atoms with E-state index in [0.29, 0.717) is 17.0 Å². The zero-order valence-corrected chi connectivity index (χ0v) is 11.1. The van der Waals surface area contributed by atoms with Crippen molar-refractivity contribution >= 4 is 11.9 Å². The summed E-state index contributed by atoms with van der Waals surface area (Å²) >= 11 is 0. The minimum atomic E-state index is -4.73. The van der Waals surface area contributed by atoms with Crippen molar-refractivity contribution in [2.45, 2.75) is 6.36 Å². The molecule has 2 aromatic rings. The summed E-state index contributed by atoms with van der Waals surface area (Å²) in [6.45, 7) is 0. The Kier molecular flexibility index (Phi) is 4.47. The van der Waals surface area contributed by atoms with Gasteiger partial charge >= 0.3 is 6.36 Å². The maximum atomic E-state index is 12.2. The molecule has 2 rings (SSSR count). The molecule has 110 valence electrons. The number of hydrogen-bond donors (Lipinski definition) is 0. The van der Waals surface area contributed by atoms with E-state index in [1.54, 1.807) is 12.1 Å². The smallest absolute Gasteiger partial charge is 0.496 e. The summed E-state index contributed by atoms with van der Waals surface area (Å²) in [6, 6.07) is 12.8. The van der Waals surface area contributed by atoms with Gasteiger partial charge in [-0.2, -0.15) is 0 Å². The molecule has 21 heavy (non-hydrogen) atoms. The highest BCUT2D eigenvalue weighted by Crippen LogP contribution is 2.27. The Hall–Kier alpha value is -2.50. The molecule has 6 heteroatoms. The molecule has 0 radical (unpaired) electrons. The van der Waals surface area contributed by atoms with Crippen LogP contribution in [-0.2, 0) is 0 Å². The van der Waals surface area contributed by atoms with Gasteiger partial charge in [-0.1, -0.05) is 18.2 Å². The van der Waals surface area contributed by atoms with Crippen LogP contribution in [0.5, 0.6) is 11.5 Å². The van der Waals surface area contributed by atoms with Crippen molar-refractivity contribution < 1.29 is 22.6 Å². The molecule has 0 N–H and O–H groups in total. The molecule has 0 unspecified atom stereocenters. The van der Waals surface area contributed by atoms with Gasteiger partial charge in [0.2, 0.25) is 0 Å². The molecule has 0 aromatic heterocycles. The van der Waals surface area contributed by atoms with Crippen LogP contribution in [0.2, 0.25) is 0 Å². The minimum absolute atomic E-state index is 0.321. The van der Waals surface area contributed by atoms with Crippen LogP contribution < -0.4 is 9.47 Å². The highest BCUT2D eigenvalue weighted by molar-refractivity contribution is 5.86. The van der Waals surface area contributed by atoms with E-state index < -0.39 is 6.36 Å². The molecule has 0 aliphatic heterocycles. The fourth-order valence-electron chi connectivity index (χ4n) is 1.67. The average Bonchev–Trinajstić information content (AvgIpc) is 2.45. The standard InChI is InChI=1S/C15H12F3NO2/c1-20-14-8-7-13(21-15(16,17)18)9-11(14)10-19-12-5-3-2-4-6-12/h2-10H,1H3. The monoisotopic (exact) mass is 295 g/mol. The molecule has 0 heterocycles. The number of hydrogen-bond acceptors (Lipinski definition) is 3. The Balaban J connectivity index is 2.28. The first-order chi connectivity index (χ1) is 9.98. The van der Waals surface area contributed by atoms with Crippen LogP contribution in [0, 0.1) is 0 Å². The second-order valence-corrected chi connectivity index (χ2v) is 4.05. The van der Waals surface area contributed by atoms with E-state index in [0.717, 1.165) is 0 Å². The van der Waals surface area contributed by atoms with Gasteiger partial charge in [-0.15, -0.1) is 13.2 Å². The number of alkyl halides is 3. The third-order valence-electron chi connectivity index (χ3n) is 2.54. The molecule has 0 aliphatic rings. The van der Waals surface area contributed by atoms with Gasteiger partial charge in [-0.25, -0.2) is 0 Å². The van der Waals surface area contributed by atoms with E-state index in [-0.39, 0.29) is 5.75 Å². The fraction of sp³-hybridized carbons (Fsp3) is 0.133. The Bertz CT molecular complexity index is 625. The van der Waals surface area contributed by atoms with E-state index in [1.165, 1.54) is 31.5 Å². The summed E-state index contributed by atoms with van der Waals surface area (Å²) in [6.07, 6.45) is -3.31. The molecule has 2 aromatic carbocycles. The molecule has 0 saturated carbocycles. The highest BCUT2D eigenvalue weighted by atomic mass is 19.4. The van der Waals surface area contributed by atoms with Crippen molar-refractivity contribution in [3.8, 4) is 11.5 Å². The molecule has 0 aliphatic carbocycles. The summed E-state index contributed by atoms with van der Waals surface area (Å²) in [5, 5.41) is 0. The third-order valence-corrected chi connectivity index (χ3v) is 2.54. The van der Waals surface area contributed by atoms with Crippen molar-refractivity contribution in [2.75, 3.05) is 7.11 Å². The van der Waals surface area contributed by atoms with Crippen LogP contribution in [0.25, 0.3) is 0 Å². The number of nitrogens with zero attached hydrogens (tertiary/aromatic N) is 1. The second-order valence-electron chi connectivity index (χ2n) is 4.05. The van der Waals surface area contributed by atoms with Crippen molar-refractivity contribution in [1.29, 1.82) is 0 Å². The molecule has 0 amide bonds. The van der Waals surface area contributed by atoms with E-state index in [2.05, 4.69) is 9.73 Å². The summed E-state index contributed by atoms with van der Waals surface area (Å²) in [7, 11) is 1.43. The van der Waals surface area contributed by atoms with Gasteiger partial charge in [0, 0.05) is 11.8 Å². The first-order valence-corrected chi connectivity index (χ1v) is 6.01. The van der Waals surface area contributed by atoms with Crippen molar-refractivity contribution in [3.63, 3.8) is 0 Å². The van der Waals surface area contributed by atoms with Crippen LogP contribution in [0.4, 0.5) is 18.9 Å². The minimum Gasteiger partial charge on any atom is -0.496 e. The lowest BCUT2D eigenvalue weighted by Gasteiger charge is -2.11. The Labute approximate surface area is 119 Å². The van der Waals surface area contributed by atoms with Gasteiger partial charge in [-0.3, -0.25) is 4.99 Å². The first-order valence-electron chi connectivity index (χ1n) is 6.01. The van der Waals surface area contributed by atoms with E-state index in [1.807, 2.05) is 18.2 Å². The lowest BCUT2D eigenvalue weighted by atomic mass is 10.2. The third kappa shape index (κ3) is 4.52. The Morgan fingerprint density at radius 2 is 1.76 bits per heavy atom. The van der Waals surface area contributed by atoms with Crippen molar-refractivity contribution in [2.24, 2.45) is 4.99 Å². The zero-order chi connectivity index (χ0) is 15.3. The van der Waals surface area contributed by atoms with E-state index in [9.17, 15) is 13.2 Å². The average molecular weight is 295 g/mol. The van der Waals surface area contributed by atoms with Gasteiger partial charge in [0.05, 0.1) is 12.8 Å². The zero-order valence-electron chi connectivity index (χ0n) is 11.1. The molecule has 0 spiro atoms. The Morgan fingerprint density at radius 3 is 2.38 bits per heavy atom. The predicted molar refractivity (Wildman–Crippen MR) is 73.4 cm³/mol. The van der Waals surface area contributed by atoms with E-state index in [4.69, 9.17) is 4.74 Å². The van der Waals surface area contributed by atoms with Crippen LogP contribution in [0.3, 0.4) is 0 Å². The predicted octanol–water partition coefficient (Wildman–Crippen LogP) is 4.34. The fourth-order valence-corrected chi connectivity index (χ4v) is 1.67. The maximum Gasteiger partial charge on any atom is 0.573 e. The number of para-hydroxylation sites is 1. The Morgan fingerprint density at radius 1 is 1.05 bits per heavy atom. The number of benzene rings is 2. The lowest BCUT2D eigenvalue weighted by Crippen LogP contribution is -2.17. The number of halogens is 3. The van der Waals surface area contributed by atoms with Crippen LogP contribution in [-0.4, -0.2) is 19.7 Å². The van der Waals surface area contributed by atoms with Gasteiger partial charge in [0.1, 0.15) is 11.5 Å². The van der Waals surface area contributed by atoms with Crippen molar-refractivity contribution in [3.05, 3.63) is 54.1 Å². The van der Waals surface area contributed by atoms with Crippen LogP contribution in [0.15, 0.2) is 53.5 Å². The highest BCUT2D eigenvalue weighted by Gasteiger charge is 2.31. The quantitative estimate of drug-likeness (QED) is 0.785. The SMILES string of the molecule is COc1ccc(OC(F)(F)F)cc1C=Nc1ccccc1. The van der Waals surface area contributed by atoms with Crippen LogP contribution in [0.1, 0.15) is 5.56 Å². The molecule has 0 fully saturated rings. The van der Waals surface area contributed by atoms with Gasteiger partial charge in [0.15, 0.2) is 0 Å². The molecular weight excluding hydrogens is 283 g/mol.